The van der Waals surface area contributed by atoms with Crippen LogP contribution in [0.4, 0.5) is 0 Å². The molecule has 4 N–H and O–H groups in total. The Morgan fingerprint density at radius 2 is 1.05 bits per heavy atom. The van der Waals surface area contributed by atoms with E-state index in [1.165, 1.54) is 19.3 Å². The van der Waals surface area contributed by atoms with Gasteiger partial charge in [-0.05, 0) is 102 Å². The first-order valence-corrected chi connectivity index (χ1v) is 21.8. The van der Waals surface area contributed by atoms with Crippen LogP contribution in [0, 0.1) is 0 Å². The van der Waals surface area contributed by atoms with Crippen LogP contribution in [0.1, 0.15) is 149 Å². The van der Waals surface area contributed by atoms with E-state index in [2.05, 4.69) is 128 Å². The first kappa shape index (κ1) is 53.5. The van der Waals surface area contributed by atoms with Crippen molar-refractivity contribution < 1.29 is 34.1 Å². The normalized spacial score (nSPS) is 13.6. The third-order valence-corrected chi connectivity index (χ3v) is 8.74. The molecule has 2 amide bonds. The zero-order chi connectivity index (χ0) is 42.6. The lowest BCUT2D eigenvalue weighted by Gasteiger charge is -2.14. The quantitative estimate of drug-likeness (QED) is 0.0278. The number of rotatable bonds is 37. The van der Waals surface area contributed by atoms with E-state index in [9.17, 15) is 19.2 Å². The molecule has 0 aliphatic heterocycles. The molecule has 0 rings (SSSR count). The highest BCUT2D eigenvalue weighted by Crippen LogP contribution is 2.13. The minimum absolute atomic E-state index is 0.190. The molecule has 2 unspecified atom stereocenters. The van der Waals surface area contributed by atoms with Crippen molar-refractivity contribution in [3.63, 3.8) is 0 Å². The Morgan fingerprint density at radius 3 is 1.57 bits per heavy atom. The second-order valence-corrected chi connectivity index (χ2v) is 14.0. The van der Waals surface area contributed by atoms with Crippen molar-refractivity contribution in [3.8, 4) is 0 Å². The molecule has 0 bridgehead atoms. The van der Waals surface area contributed by atoms with Gasteiger partial charge in [-0.25, -0.2) is 4.79 Å². The Balaban J connectivity index is 4.38. The highest BCUT2D eigenvalue weighted by molar-refractivity contribution is 5.87. The van der Waals surface area contributed by atoms with Gasteiger partial charge in [-0.15, -0.1) is 0 Å². The fourth-order valence-electron chi connectivity index (χ4n) is 5.41. The molecule has 0 spiro atoms. The molecule has 0 radical (unpaired) electrons. The summed E-state index contributed by atoms with van der Waals surface area (Å²) in [5.74, 6) is -2.51. The van der Waals surface area contributed by atoms with E-state index < -0.39 is 24.5 Å². The SMILES string of the molecule is CC/C=C\C/C=C\C/C=C\C/C=C\C/C=C\C/C=C\C/C=C\CCCC(=O)OC(/C=C\C/C=C\CCCCC)CCCCCCC(=O)NCC(=O)NC(CO)C(=O)O. The summed E-state index contributed by atoms with van der Waals surface area (Å²) in [7, 11) is 0. The van der Waals surface area contributed by atoms with E-state index in [1.54, 1.807) is 0 Å². The Morgan fingerprint density at radius 1 is 0.552 bits per heavy atom. The number of carboxylic acids is 1. The summed E-state index contributed by atoms with van der Waals surface area (Å²) < 4.78 is 5.85. The molecular formula is C49H76N2O7. The number of amides is 2. The molecule has 9 heteroatoms. The highest BCUT2D eigenvalue weighted by atomic mass is 16.5. The molecule has 0 fully saturated rings. The molecule has 9 nitrogen and oxygen atoms in total. The zero-order valence-electron chi connectivity index (χ0n) is 35.7. The molecule has 0 aromatic rings. The lowest BCUT2D eigenvalue weighted by atomic mass is 10.1. The number of carbonyl (C=O) groups is 4. The second kappa shape index (κ2) is 42.1. The lowest BCUT2D eigenvalue weighted by molar-refractivity contribution is -0.147. The molecule has 324 valence electrons. The summed E-state index contributed by atoms with van der Waals surface area (Å²) in [5.41, 5.74) is 0. The third-order valence-electron chi connectivity index (χ3n) is 8.74. The van der Waals surface area contributed by atoms with Crippen LogP contribution >= 0.6 is 0 Å². The monoisotopic (exact) mass is 805 g/mol. The summed E-state index contributed by atoms with van der Waals surface area (Å²) >= 11 is 0. The van der Waals surface area contributed by atoms with Crippen LogP contribution in [0.3, 0.4) is 0 Å². The summed E-state index contributed by atoms with van der Waals surface area (Å²) in [6.07, 6.45) is 57.1. The number of ether oxygens (including phenoxy) is 1. The van der Waals surface area contributed by atoms with Crippen LogP contribution in [0.25, 0.3) is 0 Å². The number of esters is 1. The van der Waals surface area contributed by atoms with Gasteiger partial charge in [-0.1, -0.05) is 143 Å². The maximum absolute atomic E-state index is 12.7. The molecule has 0 aromatic carbocycles. The maximum Gasteiger partial charge on any atom is 0.328 e. The van der Waals surface area contributed by atoms with E-state index in [1.807, 2.05) is 6.08 Å². The van der Waals surface area contributed by atoms with E-state index in [4.69, 9.17) is 14.9 Å². The van der Waals surface area contributed by atoms with Crippen LogP contribution < -0.4 is 10.6 Å². The largest absolute Gasteiger partial charge is 0.480 e. The molecular weight excluding hydrogens is 729 g/mol. The van der Waals surface area contributed by atoms with Crippen molar-refractivity contribution in [2.24, 2.45) is 0 Å². The first-order valence-electron chi connectivity index (χ1n) is 21.8. The Hall–Kier alpha value is -4.50. The Kier molecular flexibility index (Phi) is 38.8. The molecule has 0 aliphatic carbocycles. The smallest absolute Gasteiger partial charge is 0.328 e. The number of nitrogens with one attached hydrogen (secondary N) is 2. The van der Waals surface area contributed by atoms with Gasteiger partial charge in [-0.3, -0.25) is 14.4 Å². The molecule has 0 aliphatic rings. The van der Waals surface area contributed by atoms with Crippen LogP contribution in [-0.2, 0) is 23.9 Å². The summed E-state index contributed by atoms with van der Waals surface area (Å²) in [6, 6.07) is -1.40. The molecule has 0 aromatic heterocycles. The van der Waals surface area contributed by atoms with Gasteiger partial charge in [0.15, 0.2) is 0 Å². The van der Waals surface area contributed by atoms with Gasteiger partial charge in [0, 0.05) is 12.8 Å². The van der Waals surface area contributed by atoms with Crippen LogP contribution in [0.2, 0.25) is 0 Å². The van der Waals surface area contributed by atoms with Crippen LogP contribution in [0.5, 0.6) is 0 Å². The number of aliphatic hydroxyl groups excluding tert-OH is 1. The predicted molar refractivity (Wildman–Crippen MR) is 240 cm³/mol. The van der Waals surface area contributed by atoms with Gasteiger partial charge in [-0.2, -0.15) is 0 Å². The van der Waals surface area contributed by atoms with Crippen molar-refractivity contribution in [2.75, 3.05) is 13.2 Å². The summed E-state index contributed by atoms with van der Waals surface area (Å²) in [5, 5.41) is 22.5. The average Bonchev–Trinajstić information content (AvgIpc) is 3.21. The van der Waals surface area contributed by atoms with Gasteiger partial charge >= 0.3 is 11.9 Å². The fourth-order valence-corrected chi connectivity index (χ4v) is 5.41. The summed E-state index contributed by atoms with van der Waals surface area (Å²) in [6.45, 7) is 3.26. The standard InChI is InChI=1S/C49H76N2O7/c1-3-5-7-9-11-13-14-15-16-17-18-19-20-21-22-23-24-25-26-27-29-31-37-41-48(55)58-44(38-34-30-28-12-10-8-6-4-2)39-35-32-33-36-40-46(53)50-42-47(54)51-45(43-52)49(56)57/h5,7,11-13,15-16,18-19,21-22,24-25,27-29,34,38,44-45,52H,3-4,6,8-10,14,17,20,23,26,30-33,35-37,39-43H2,1-2H3,(H,50,53)(H,51,54)(H,56,57)/b7-5-,13-11-,16-15-,19-18-,22-21-,25-24-,28-12-,29-27-,38-34-. The van der Waals surface area contributed by atoms with Crippen molar-refractivity contribution >= 4 is 23.8 Å². The Labute approximate surface area is 350 Å². The zero-order valence-corrected chi connectivity index (χ0v) is 35.7. The van der Waals surface area contributed by atoms with Gasteiger partial charge in [0.1, 0.15) is 12.1 Å². The van der Waals surface area contributed by atoms with Crippen LogP contribution in [0.15, 0.2) is 109 Å². The number of aliphatic carboxylic acids is 1. The van der Waals surface area contributed by atoms with Crippen molar-refractivity contribution in [1.29, 1.82) is 0 Å². The molecule has 58 heavy (non-hydrogen) atoms. The number of unbranched alkanes of at least 4 members (excludes halogenated alkanes) is 7. The average molecular weight is 805 g/mol. The van der Waals surface area contributed by atoms with E-state index >= 15 is 0 Å². The molecule has 0 saturated heterocycles. The number of hydrogen-bond acceptors (Lipinski definition) is 6. The number of carbonyl (C=O) groups excluding carboxylic acids is 3. The third kappa shape index (κ3) is 38.4. The number of carboxylic acid groups (broad SMARTS) is 1. The maximum atomic E-state index is 12.7. The minimum Gasteiger partial charge on any atom is -0.480 e. The van der Waals surface area contributed by atoms with E-state index in [0.717, 1.165) is 89.9 Å². The fraction of sp³-hybridized carbons (Fsp3) is 0.551. The van der Waals surface area contributed by atoms with Gasteiger partial charge in [0.2, 0.25) is 11.8 Å². The number of aliphatic hydroxyl groups is 1. The van der Waals surface area contributed by atoms with Gasteiger partial charge in [0.25, 0.3) is 0 Å². The predicted octanol–water partition coefficient (Wildman–Crippen LogP) is 10.8. The van der Waals surface area contributed by atoms with Gasteiger partial charge in [0.05, 0.1) is 13.2 Å². The van der Waals surface area contributed by atoms with E-state index in [-0.39, 0.29) is 30.9 Å². The van der Waals surface area contributed by atoms with E-state index in [0.29, 0.717) is 19.3 Å². The highest BCUT2D eigenvalue weighted by Gasteiger charge is 2.18. The lowest BCUT2D eigenvalue weighted by Crippen LogP contribution is -2.47. The Bertz CT molecular complexity index is 1340. The molecule has 2 atom stereocenters. The molecule has 0 heterocycles. The second-order valence-electron chi connectivity index (χ2n) is 14.0. The van der Waals surface area contributed by atoms with Crippen molar-refractivity contribution in [3.05, 3.63) is 109 Å². The van der Waals surface area contributed by atoms with Crippen molar-refractivity contribution in [1.82, 2.24) is 10.6 Å². The summed E-state index contributed by atoms with van der Waals surface area (Å²) in [4.78, 5) is 47.5. The minimum atomic E-state index is -1.40. The number of hydrogen-bond donors (Lipinski definition) is 4. The van der Waals surface area contributed by atoms with Crippen LogP contribution in [-0.4, -0.2) is 59.3 Å². The van der Waals surface area contributed by atoms with Crippen molar-refractivity contribution in [2.45, 2.75) is 161 Å². The first-order chi connectivity index (χ1) is 28.3. The van der Waals surface area contributed by atoms with Gasteiger partial charge < -0.3 is 25.6 Å². The topological polar surface area (TPSA) is 142 Å². The number of allylic oxidation sites excluding steroid dienone is 17. The molecule has 0 saturated carbocycles.